The zero-order chi connectivity index (χ0) is 99.2. The molecule has 0 aliphatic carbocycles. The van der Waals surface area contributed by atoms with Gasteiger partial charge in [-0.1, -0.05) is 650 Å². The molecular formula is C129H233N5S6. The summed E-state index contributed by atoms with van der Waals surface area (Å²) in [5, 5.41) is 7.97. The van der Waals surface area contributed by atoms with Crippen LogP contribution in [-0.2, 0) is 0 Å². The lowest BCUT2D eigenvalue weighted by Gasteiger charge is -2.19. The van der Waals surface area contributed by atoms with E-state index in [0.717, 1.165) is 39.9 Å². The number of aromatic nitrogens is 3. The summed E-state index contributed by atoms with van der Waals surface area (Å²) in [5.41, 5.74) is 3.21. The lowest BCUT2D eigenvalue weighted by Crippen LogP contribution is -2.06. The van der Waals surface area contributed by atoms with Crippen molar-refractivity contribution in [2.75, 3.05) is 45.2 Å². The van der Waals surface area contributed by atoms with Gasteiger partial charge in [-0.15, -0.1) is 70.6 Å². The van der Waals surface area contributed by atoms with Gasteiger partial charge in [0.2, 0.25) is 11.9 Å². The number of nitrogens with one attached hydrogen (secondary N) is 2. The lowest BCUT2D eigenvalue weighted by molar-refractivity contribution is 0.531. The zero-order valence-electron chi connectivity index (χ0n) is 94.1. The predicted molar refractivity (Wildman–Crippen MR) is 646 cm³/mol. The number of thioether (sulfide) groups is 6. The first-order valence-electron chi connectivity index (χ1n) is 63.0. The van der Waals surface area contributed by atoms with Gasteiger partial charge < -0.3 is 10.6 Å². The summed E-state index contributed by atoms with van der Waals surface area (Å²) >= 11 is 12.9. The van der Waals surface area contributed by atoms with Gasteiger partial charge in [-0.3, -0.25) is 0 Å². The molecule has 4 aromatic rings. The van der Waals surface area contributed by atoms with Gasteiger partial charge in [-0.25, -0.2) is 0 Å². The average molecular weight is 2050 g/mol. The molecule has 1 aromatic heterocycles. The third kappa shape index (κ3) is 80.3. The van der Waals surface area contributed by atoms with E-state index in [9.17, 15) is 0 Å². The van der Waals surface area contributed by atoms with Crippen molar-refractivity contribution in [2.45, 2.75) is 687 Å². The summed E-state index contributed by atoms with van der Waals surface area (Å²) in [6.45, 7) is 14.0. The number of anilines is 4. The highest BCUT2D eigenvalue weighted by Crippen LogP contribution is 2.46. The molecule has 5 nitrogen and oxygen atoms in total. The van der Waals surface area contributed by atoms with E-state index in [1.807, 2.05) is 0 Å². The van der Waals surface area contributed by atoms with Crippen LogP contribution in [0, 0.1) is 0 Å². The second-order valence-corrected chi connectivity index (χ2v) is 50.2. The maximum Gasteiger partial charge on any atom is 0.232 e. The third-order valence-electron chi connectivity index (χ3n) is 29.7. The van der Waals surface area contributed by atoms with Crippen molar-refractivity contribution < 1.29 is 0 Å². The van der Waals surface area contributed by atoms with Crippen LogP contribution >= 0.6 is 70.6 Å². The van der Waals surface area contributed by atoms with Crippen molar-refractivity contribution in [3.05, 3.63) is 54.6 Å². The van der Waals surface area contributed by atoms with Crippen LogP contribution in [0.3, 0.4) is 0 Å². The van der Waals surface area contributed by atoms with Crippen molar-refractivity contribution in [2.24, 2.45) is 0 Å². The minimum atomic E-state index is 0.611. The van der Waals surface area contributed by atoms with Crippen LogP contribution in [0.1, 0.15) is 658 Å². The van der Waals surface area contributed by atoms with Crippen LogP contribution in [-0.4, -0.2) is 49.5 Å². The number of hydrogen-bond donors (Lipinski definition) is 2. The van der Waals surface area contributed by atoms with Gasteiger partial charge in [0.25, 0.3) is 0 Å². The molecule has 0 unspecified atom stereocenters. The van der Waals surface area contributed by atoms with Crippen molar-refractivity contribution >= 4 is 93.8 Å². The maximum absolute atomic E-state index is 5.49. The average Bonchev–Trinajstić information content (AvgIpc) is 0.806. The Kier molecular flexibility index (Phi) is 97.5. The normalized spacial score (nSPS) is 11.7. The number of benzene rings is 3. The second kappa shape index (κ2) is 104. The molecule has 3 aromatic carbocycles. The number of nitrogens with zero attached hydrogens (tertiary/aromatic N) is 3. The third-order valence-corrected chi connectivity index (χ3v) is 37.2. The Morgan fingerprint density at radius 3 is 0.464 bits per heavy atom. The fraction of sp³-hybridized carbons (Fsp3) is 0.837. The first kappa shape index (κ1) is 131. The van der Waals surface area contributed by atoms with Gasteiger partial charge in [0.1, 0.15) is 0 Å². The summed E-state index contributed by atoms with van der Waals surface area (Å²) in [6, 6.07) is 20.8. The van der Waals surface area contributed by atoms with Gasteiger partial charge in [0.15, 0.2) is 5.82 Å². The van der Waals surface area contributed by atoms with Crippen LogP contribution in [0.4, 0.5) is 23.3 Å². The number of unbranched alkanes of at least 4 members (excludes halogenated alkanes) is 90. The molecular weight excluding hydrogens is 1810 g/mol. The fourth-order valence-electron chi connectivity index (χ4n) is 20.5. The summed E-state index contributed by atoms with van der Waals surface area (Å²) in [6.07, 6.45) is 135. The Labute approximate surface area is 900 Å². The van der Waals surface area contributed by atoms with Crippen LogP contribution in [0.15, 0.2) is 84.0 Å². The topological polar surface area (TPSA) is 62.7 Å². The summed E-state index contributed by atoms with van der Waals surface area (Å²) in [4.78, 5) is 25.2. The van der Waals surface area contributed by atoms with E-state index in [1.54, 1.807) is 0 Å². The summed E-state index contributed by atoms with van der Waals surface area (Å²) in [5.74, 6) is 8.93. The molecule has 1 heterocycles. The molecule has 0 saturated heterocycles. The highest BCUT2D eigenvalue weighted by atomic mass is 32.2. The Morgan fingerprint density at radius 1 is 0.164 bits per heavy atom. The molecule has 0 atom stereocenters. The highest BCUT2D eigenvalue weighted by molar-refractivity contribution is 8.04. The molecule has 0 amide bonds. The summed E-state index contributed by atoms with van der Waals surface area (Å²) < 4.78 is 0. The molecule has 140 heavy (non-hydrogen) atoms. The molecule has 0 bridgehead atoms. The van der Waals surface area contributed by atoms with E-state index >= 15 is 0 Å². The van der Waals surface area contributed by atoms with Gasteiger partial charge in [0.05, 0.1) is 0 Å². The van der Waals surface area contributed by atoms with Gasteiger partial charge in [-0.2, -0.15) is 15.0 Å². The van der Waals surface area contributed by atoms with E-state index < -0.39 is 0 Å². The van der Waals surface area contributed by atoms with Crippen LogP contribution in [0.2, 0.25) is 0 Å². The van der Waals surface area contributed by atoms with Gasteiger partial charge in [0, 0.05) is 46.3 Å². The molecule has 4 rings (SSSR count). The first-order valence-corrected chi connectivity index (χ1v) is 68.9. The smallest absolute Gasteiger partial charge is 0.232 e. The summed E-state index contributed by atoms with van der Waals surface area (Å²) in [7, 11) is 0. The molecule has 0 radical (unpaired) electrons. The Hall–Kier alpha value is -1.63. The zero-order valence-corrected chi connectivity index (χ0v) is 99.0. The predicted octanol–water partition coefficient (Wildman–Crippen LogP) is 49.1. The molecule has 0 aliphatic heterocycles. The minimum absolute atomic E-state index is 0.611. The quantitative estimate of drug-likeness (QED) is 0.0328. The largest absolute Gasteiger partial charge is 0.324 e. The fourth-order valence-corrected chi connectivity index (χ4v) is 28.0. The molecule has 0 aliphatic rings. The highest BCUT2D eigenvalue weighted by Gasteiger charge is 2.20. The lowest BCUT2D eigenvalue weighted by atomic mass is 10.0. The van der Waals surface area contributed by atoms with E-state index in [-0.39, 0.29) is 0 Å². The van der Waals surface area contributed by atoms with Crippen LogP contribution in [0.5, 0.6) is 0 Å². The second-order valence-electron chi connectivity index (χ2n) is 43.4. The van der Waals surface area contributed by atoms with E-state index in [2.05, 4.69) is 177 Å². The van der Waals surface area contributed by atoms with E-state index in [0.29, 0.717) is 17.7 Å². The van der Waals surface area contributed by atoms with Crippen molar-refractivity contribution in [3.63, 3.8) is 0 Å². The molecule has 2 N–H and O–H groups in total. The van der Waals surface area contributed by atoms with Gasteiger partial charge >= 0.3 is 0 Å². The monoisotopic (exact) mass is 2040 g/mol. The van der Waals surface area contributed by atoms with E-state index in [4.69, 9.17) is 15.0 Å². The van der Waals surface area contributed by atoms with Crippen molar-refractivity contribution in [1.82, 2.24) is 15.0 Å². The Morgan fingerprint density at radius 2 is 0.307 bits per heavy atom. The number of hydrogen-bond acceptors (Lipinski definition) is 11. The Balaban J connectivity index is 1.66. The SMILES string of the molecule is CCCCCCCCCCCCCCCCCCSc1cc(Nc2nc(Nc3cc(SCCCCCCCCCCCCCCCCCC)c(SCCCCCCCCCCCCCCCCCC)c(SCCCCCCCCCCCCCCCCCC)c3)nc(-c3ccccc3)n2)cc(SCCCCCCCCCCCCCCCCCC)c1SCCCCCCCCCCCCCCCCCC. The van der Waals surface area contributed by atoms with Crippen LogP contribution in [0.25, 0.3) is 11.4 Å². The van der Waals surface area contributed by atoms with Crippen LogP contribution < -0.4 is 10.6 Å². The van der Waals surface area contributed by atoms with Crippen molar-refractivity contribution in [1.29, 1.82) is 0 Å². The minimum Gasteiger partial charge on any atom is -0.324 e. The molecule has 11 heteroatoms. The molecule has 810 valence electrons. The Bertz CT molecular complexity index is 2900. The first-order chi connectivity index (χ1) is 69.5. The molecule has 0 spiro atoms. The molecule has 0 saturated carbocycles. The van der Waals surface area contributed by atoms with Crippen molar-refractivity contribution in [3.8, 4) is 11.4 Å². The maximum atomic E-state index is 5.49. The number of rotatable bonds is 113. The van der Waals surface area contributed by atoms with Gasteiger partial charge in [-0.05, 0) is 97.3 Å². The van der Waals surface area contributed by atoms with E-state index in [1.165, 1.54) is 657 Å². The standard InChI is InChI=1S/C129H233N5S6/c1-7-13-19-25-31-37-43-49-55-61-67-73-79-85-91-100-108-135-121-114-119(115-122(136-109-101-92-86-80-74-68-62-56-50-44-38-32-26-20-14-8-2)125(121)139-112-104-95-89-83-77-71-65-59-53-47-41-35-29-23-17-11-5)130-128-132-127(118-106-98-97-99-107-118)133-129(134-128)131-120-116-123(137-110-102-93-87-81-75-69-63-57-51-45-39-33-27-21-15-9-3)126(140-113-105-96-90-84-78-72-66-60-54-48-42-36-30-24-18-12-6)124(117-120)138-111-103-94-88-82-76-70-64-58-52-46-40-34-28-22-16-10-4/h97-99,106-107,114-117H,7-96,100-105,108-113H2,1-6H3,(H2,130,131,132,133,134). The molecule has 0 fully saturated rings.